The molecule has 0 radical (unpaired) electrons. The lowest BCUT2D eigenvalue weighted by atomic mass is 10.1. The SMILES string of the molecule is COc1ccccc1CN[C@H]1CCC[C@@H]1O. The van der Waals surface area contributed by atoms with Gasteiger partial charge in [-0.05, 0) is 25.3 Å². The zero-order valence-corrected chi connectivity index (χ0v) is 9.65. The molecule has 1 aliphatic rings. The van der Waals surface area contributed by atoms with E-state index in [1.54, 1.807) is 7.11 Å². The normalized spacial score (nSPS) is 24.6. The van der Waals surface area contributed by atoms with Gasteiger partial charge in [-0.15, -0.1) is 0 Å². The average molecular weight is 221 g/mol. The van der Waals surface area contributed by atoms with Crippen LogP contribution in [0.15, 0.2) is 24.3 Å². The van der Waals surface area contributed by atoms with E-state index in [0.717, 1.165) is 37.1 Å². The highest BCUT2D eigenvalue weighted by Crippen LogP contribution is 2.21. The Morgan fingerprint density at radius 1 is 1.38 bits per heavy atom. The van der Waals surface area contributed by atoms with Gasteiger partial charge in [-0.1, -0.05) is 18.2 Å². The average Bonchev–Trinajstić information content (AvgIpc) is 2.72. The van der Waals surface area contributed by atoms with E-state index in [1.807, 2.05) is 24.3 Å². The molecule has 3 nitrogen and oxygen atoms in total. The highest BCUT2D eigenvalue weighted by molar-refractivity contribution is 5.33. The van der Waals surface area contributed by atoms with Gasteiger partial charge in [0.05, 0.1) is 13.2 Å². The molecule has 88 valence electrons. The van der Waals surface area contributed by atoms with Crippen molar-refractivity contribution in [2.24, 2.45) is 0 Å². The third-order valence-corrected chi connectivity index (χ3v) is 3.23. The fourth-order valence-electron chi connectivity index (χ4n) is 2.27. The van der Waals surface area contributed by atoms with Crippen LogP contribution in [0.3, 0.4) is 0 Å². The van der Waals surface area contributed by atoms with Crippen molar-refractivity contribution >= 4 is 0 Å². The quantitative estimate of drug-likeness (QED) is 0.813. The first kappa shape index (κ1) is 11.4. The van der Waals surface area contributed by atoms with E-state index in [4.69, 9.17) is 4.74 Å². The molecule has 0 heterocycles. The number of aliphatic hydroxyl groups is 1. The first-order valence-corrected chi connectivity index (χ1v) is 5.84. The van der Waals surface area contributed by atoms with E-state index in [2.05, 4.69) is 5.32 Å². The Morgan fingerprint density at radius 3 is 2.88 bits per heavy atom. The maximum Gasteiger partial charge on any atom is 0.123 e. The number of benzene rings is 1. The monoisotopic (exact) mass is 221 g/mol. The number of hydrogen-bond donors (Lipinski definition) is 2. The minimum atomic E-state index is -0.185. The summed E-state index contributed by atoms with van der Waals surface area (Å²) in [6, 6.07) is 8.22. The van der Waals surface area contributed by atoms with E-state index in [1.165, 1.54) is 0 Å². The van der Waals surface area contributed by atoms with Crippen LogP contribution in [0.4, 0.5) is 0 Å². The van der Waals surface area contributed by atoms with Gasteiger partial charge in [0.25, 0.3) is 0 Å². The molecule has 1 saturated carbocycles. The second-order valence-corrected chi connectivity index (χ2v) is 4.30. The molecule has 1 aromatic carbocycles. The first-order valence-electron chi connectivity index (χ1n) is 5.84. The highest BCUT2D eigenvalue weighted by Gasteiger charge is 2.24. The Labute approximate surface area is 96.4 Å². The van der Waals surface area contributed by atoms with Crippen molar-refractivity contribution in [2.75, 3.05) is 7.11 Å². The molecule has 0 unspecified atom stereocenters. The summed E-state index contributed by atoms with van der Waals surface area (Å²) in [7, 11) is 1.68. The van der Waals surface area contributed by atoms with Gasteiger partial charge in [-0.25, -0.2) is 0 Å². The van der Waals surface area contributed by atoms with Crippen LogP contribution in [-0.4, -0.2) is 24.4 Å². The lowest BCUT2D eigenvalue weighted by Gasteiger charge is -2.17. The van der Waals surface area contributed by atoms with Gasteiger partial charge in [0.2, 0.25) is 0 Å². The zero-order chi connectivity index (χ0) is 11.4. The van der Waals surface area contributed by atoms with Crippen molar-refractivity contribution < 1.29 is 9.84 Å². The molecular weight excluding hydrogens is 202 g/mol. The summed E-state index contributed by atoms with van der Waals surface area (Å²) >= 11 is 0. The molecule has 1 fully saturated rings. The maximum absolute atomic E-state index is 9.70. The van der Waals surface area contributed by atoms with Gasteiger partial charge in [-0.3, -0.25) is 0 Å². The Balaban J connectivity index is 1.93. The van der Waals surface area contributed by atoms with E-state index in [9.17, 15) is 5.11 Å². The molecule has 1 aromatic rings. The minimum Gasteiger partial charge on any atom is -0.496 e. The lowest BCUT2D eigenvalue weighted by Crippen LogP contribution is -2.35. The largest absolute Gasteiger partial charge is 0.496 e. The topological polar surface area (TPSA) is 41.5 Å². The minimum absolute atomic E-state index is 0.185. The van der Waals surface area contributed by atoms with Crippen LogP contribution >= 0.6 is 0 Å². The van der Waals surface area contributed by atoms with Gasteiger partial charge in [0, 0.05) is 18.2 Å². The number of ether oxygens (including phenoxy) is 1. The predicted octanol–water partition coefficient (Wildman–Crippen LogP) is 1.70. The van der Waals surface area contributed by atoms with Gasteiger partial charge < -0.3 is 15.2 Å². The number of methoxy groups -OCH3 is 1. The van der Waals surface area contributed by atoms with Crippen molar-refractivity contribution in [3.8, 4) is 5.75 Å². The van der Waals surface area contributed by atoms with Crippen molar-refractivity contribution in [1.29, 1.82) is 0 Å². The number of para-hydroxylation sites is 1. The van der Waals surface area contributed by atoms with E-state index < -0.39 is 0 Å². The molecule has 0 saturated heterocycles. The molecule has 16 heavy (non-hydrogen) atoms. The Bertz CT molecular complexity index is 340. The third kappa shape index (κ3) is 2.54. The molecule has 3 heteroatoms. The van der Waals surface area contributed by atoms with Crippen molar-refractivity contribution in [1.82, 2.24) is 5.32 Å². The molecule has 0 spiro atoms. The Kier molecular flexibility index (Phi) is 3.80. The molecule has 2 N–H and O–H groups in total. The summed E-state index contributed by atoms with van der Waals surface area (Å²) in [5.74, 6) is 0.905. The van der Waals surface area contributed by atoms with Crippen LogP contribution in [0.5, 0.6) is 5.75 Å². The van der Waals surface area contributed by atoms with E-state index in [-0.39, 0.29) is 12.1 Å². The summed E-state index contributed by atoms with van der Waals surface area (Å²) in [5, 5.41) is 13.1. The van der Waals surface area contributed by atoms with E-state index >= 15 is 0 Å². The van der Waals surface area contributed by atoms with Crippen LogP contribution in [0.25, 0.3) is 0 Å². The predicted molar refractivity (Wildman–Crippen MR) is 63.5 cm³/mol. The second kappa shape index (κ2) is 5.32. The van der Waals surface area contributed by atoms with Gasteiger partial charge in [0.1, 0.15) is 5.75 Å². The highest BCUT2D eigenvalue weighted by atomic mass is 16.5. The summed E-state index contributed by atoms with van der Waals surface area (Å²) in [5.41, 5.74) is 1.14. The molecular formula is C13H19NO2. The van der Waals surface area contributed by atoms with Crippen molar-refractivity contribution in [3.63, 3.8) is 0 Å². The number of rotatable bonds is 4. The molecule has 2 rings (SSSR count). The summed E-state index contributed by atoms with van der Waals surface area (Å²) in [4.78, 5) is 0. The van der Waals surface area contributed by atoms with Crippen LogP contribution < -0.4 is 10.1 Å². The molecule has 0 bridgehead atoms. The van der Waals surface area contributed by atoms with Gasteiger partial charge in [-0.2, -0.15) is 0 Å². The molecule has 0 amide bonds. The lowest BCUT2D eigenvalue weighted by molar-refractivity contribution is 0.148. The van der Waals surface area contributed by atoms with Gasteiger partial charge >= 0.3 is 0 Å². The second-order valence-electron chi connectivity index (χ2n) is 4.30. The standard InChI is InChI=1S/C13H19NO2/c1-16-13-8-3-2-5-10(13)9-14-11-6-4-7-12(11)15/h2-3,5,8,11-12,14-15H,4,6-7,9H2,1H3/t11-,12-/m0/s1. The zero-order valence-electron chi connectivity index (χ0n) is 9.65. The number of hydrogen-bond acceptors (Lipinski definition) is 3. The van der Waals surface area contributed by atoms with Crippen LogP contribution in [0, 0.1) is 0 Å². The Morgan fingerprint density at radius 2 is 2.19 bits per heavy atom. The maximum atomic E-state index is 9.70. The fraction of sp³-hybridized carbons (Fsp3) is 0.538. The van der Waals surface area contributed by atoms with Crippen LogP contribution in [0.2, 0.25) is 0 Å². The first-order chi connectivity index (χ1) is 7.81. The summed E-state index contributed by atoms with van der Waals surface area (Å²) in [6.45, 7) is 0.756. The molecule has 0 aromatic heterocycles. The number of aliphatic hydroxyl groups excluding tert-OH is 1. The van der Waals surface area contributed by atoms with E-state index in [0.29, 0.717) is 0 Å². The van der Waals surface area contributed by atoms with Crippen molar-refractivity contribution in [3.05, 3.63) is 29.8 Å². The van der Waals surface area contributed by atoms with Crippen molar-refractivity contribution in [2.45, 2.75) is 38.0 Å². The summed E-state index contributed by atoms with van der Waals surface area (Å²) < 4.78 is 5.28. The third-order valence-electron chi connectivity index (χ3n) is 3.23. The fourth-order valence-corrected chi connectivity index (χ4v) is 2.27. The van der Waals surface area contributed by atoms with Crippen LogP contribution in [0.1, 0.15) is 24.8 Å². The number of nitrogens with one attached hydrogen (secondary N) is 1. The van der Waals surface area contributed by atoms with Gasteiger partial charge in [0.15, 0.2) is 0 Å². The molecule has 1 aliphatic carbocycles. The smallest absolute Gasteiger partial charge is 0.123 e. The molecule has 0 aliphatic heterocycles. The molecule has 2 atom stereocenters. The Hall–Kier alpha value is -1.06. The van der Waals surface area contributed by atoms with Crippen LogP contribution in [-0.2, 0) is 6.54 Å². The summed E-state index contributed by atoms with van der Waals surface area (Å²) in [6.07, 6.45) is 2.92.